The van der Waals surface area contributed by atoms with E-state index in [0.29, 0.717) is 18.9 Å². The number of carboxylic acids is 1. The molecule has 1 aromatic rings. The van der Waals surface area contributed by atoms with E-state index in [2.05, 4.69) is 14.8 Å². The van der Waals surface area contributed by atoms with Crippen LogP contribution >= 0.6 is 0 Å². The summed E-state index contributed by atoms with van der Waals surface area (Å²) < 4.78 is 0. The molecule has 0 spiro atoms. The van der Waals surface area contributed by atoms with E-state index in [9.17, 15) is 14.7 Å². The van der Waals surface area contributed by atoms with Gasteiger partial charge in [-0.2, -0.15) is 0 Å². The minimum Gasteiger partial charge on any atom is -0.480 e. The number of piperazine rings is 1. The van der Waals surface area contributed by atoms with E-state index < -0.39 is 12.0 Å². The van der Waals surface area contributed by atoms with Gasteiger partial charge in [0.1, 0.15) is 11.9 Å². The summed E-state index contributed by atoms with van der Waals surface area (Å²) >= 11 is 0. The fourth-order valence-electron chi connectivity index (χ4n) is 4.99. The van der Waals surface area contributed by atoms with Crippen molar-refractivity contribution in [3.63, 3.8) is 0 Å². The Labute approximate surface area is 160 Å². The Morgan fingerprint density at radius 1 is 1.11 bits per heavy atom. The lowest BCUT2D eigenvalue weighted by Gasteiger charge is -2.37. The number of carboxylic acid groups (broad SMARTS) is 1. The predicted octanol–water partition coefficient (Wildman–Crippen LogP) is 1.45. The molecule has 3 atom stereocenters. The van der Waals surface area contributed by atoms with Crippen molar-refractivity contribution in [2.24, 2.45) is 5.92 Å². The van der Waals surface area contributed by atoms with Gasteiger partial charge in [-0.3, -0.25) is 9.69 Å². The van der Waals surface area contributed by atoms with Gasteiger partial charge in [-0.15, -0.1) is 0 Å². The number of rotatable bonds is 4. The predicted molar refractivity (Wildman–Crippen MR) is 102 cm³/mol. The summed E-state index contributed by atoms with van der Waals surface area (Å²) in [5.41, 5.74) is 0. The van der Waals surface area contributed by atoms with Gasteiger partial charge < -0.3 is 14.9 Å². The first-order valence-corrected chi connectivity index (χ1v) is 10.1. The summed E-state index contributed by atoms with van der Waals surface area (Å²) in [5.74, 6) is 0.476. The largest absolute Gasteiger partial charge is 0.480 e. The molecule has 1 saturated carbocycles. The molecular weight excluding hydrogens is 344 g/mol. The Hall–Kier alpha value is -2.15. The van der Waals surface area contributed by atoms with Crippen molar-refractivity contribution >= 4 is 17.7 Å². The van der Waals surface area contributed by atoms with Gasteiger partial charge in [0.05, 0.1) is 6.54 Å². The van der Waals surface area contributed by atoms with E-state index in [0.717, 1.165) is 57.7 Å². The van der Waals surface area contributed by atoms with Gasteiger partial charge in [-0.25, -0.2) is 9.78 Å². The molecule has 146 valence electrons. The van der Waals surface area contributed by atoms with Crippen molar-refractivity contribution in [1.82, 2.24) is 14.8 Å². The zero-order valence-corrected chi connectivity index (χ0v) is 15.7. The van der Waals surface area contributed by atoms with Gasteiger partial charge in [0.25, 0.3) is 0 Å². The molecule has 1 N–H and O–H groups in total. The highest BCUT2D eigenvalue weighted by molar-refractivity contribution is 5.86. The SMILES string of the molecule is O=C(O)C1CC2CCCCC2N1C(=O)CN1CCN(c2ccccn2)CC1. The van der Waals surface area contributed by atoms with Crippen LogP contribution in [0.25, 0.3) is 0 Å². The maximum absolute atomic E-state index is 13.0. The highest BCUT2D eigenvalue weighted by Crippen LogP contribution is 2.39. The second-order valence-electron chi connectivity index (χ2n) is 7.95. The van der Waals surface area contributed by atoms with Gasteiger partial charge >= 0.3 is 5.97 Å². The minimum absolute atomic E-state index is 0.0110. The number of hydrogen-bond donors (Lipinski definition) is 1. The van der Waals surface area contributed by atoms with Crippen LogP contribution in [0.15, 0.2) is 24.4 Å². The number of fused-ring (bicyclic) bond motifs is 1. The Balaban J connectivity index is 1.36. The number of aliphatic carboxylic acids is 1. The van der Waals surface area contributed by atoms with Crippen LogP contribution in [0.4, 0.5) is 5.82 Å². The Bertz CT molecular complexity index is 675. The first kappa shape index (κ1) is 18.2. The molecule has 0 aromatic carbocycles. The lowest BCUT2D eigenvalue weighted by atomic mass is 9.85. The number of likely N-dealkylation sites (tertiary alicyclic amines) is 1. The number of pyridine rings is 1. The van der Waals surface area contributed by atoms with Crippen molar-refractivity contribution < 1.29 is 14.7 Å². The third kappa shape index (κ3) is 3.78. The molecular formula is C20H28N4O3. The zero-order valence-electron chi connectivity index (χ0n) is 15.7. The monoisotopic (exact) mass is 372 g/mol. The number of carbonyl (C=O) groups excluding carboxylic acids is 1. The third-order valence-corrected chi connectivity index (χ3v) is 6.37. The highest BCUT2D eigenvalue weighted by atomic mass is 16.4. The van der Waals surface area contributed by atoms with E-state index in [-0.39, 0.29) is 11.9 Å². The second-order valence-corrected chi connectivity index (χ2v) is 7.95. The van der Waals surface area contributed by atoms with Crippen LogP contribution in [-0.2, 0) is 9.59 Å². The average Bonchev–Trinajstić information content (AvgIpc) is 3.09. The van der Waals surface area contributed by atoms with Gasteiger partial charge in [0, 0.05) is 38.4 Å². The molecule has 3 unspecified atom stereocenters. The van der Waals surface area contributed by atoms with Crippen molar-refractivity contribution in [1.29, 1.82) is 0 Å². The standard InChI is InChI=1S/C20H28N4O3/c25-19(24-16-6-2-1-5-15(16)13-17(24)20(26)27)14-22-9-11-23(12-10-22)18-7-3-4-8-21-18/h3-4,7-8,15-17H,1-2,5-6,9-14H2,(H,26,27). The fraction of sp³-hybridized carbons (Fsp3) is 0.650. The molecule has 4 rings (SSSR count). The number of anilines is 1. The van der Waals surface area contributed by atoms with Crippen LogP contribution in [0.3, 0.4) is 0 Å². The summed E-state index contributed by atoms with van der Waals surface area (Å²) in [4.78, 5) is 35.3. The third-order valence-electron chi connectivity index (χ3n) is 6.37. The molecule has 3 heterocycles. The normalized spacial score (nSPS) is 28.8. The van der Waals surface area contributed by atoms with Crippen LogP contribution in [0, 0.1) is 5.92 Å². The van der Waals surface area contributed by atoms with Crippen LogP contribution in [0.5, 0.6) is 0 Å². The van der Waals surface area contributed by atoms with E-state index >= 15 is 0 Å². The summed E-state index contributed by atoms with van der Waals surface area (Å²) in [5, 5.41) is 9.63. The average molecular weight is 372 g/mol. The fourth-order valence-corrected chi connectivity index (χ4v) is 4.99. The first-order chi connectivity index (χ1) is 13.1. The van der Waals surface area contributed by atoms with Crippen LogP contribution in [0.2, 0.25) is 0 Å². The first-order valence-electron chi connectivity index (χ1n) is 10.1. The topological polar surface area (TPSA) is 77.0 Å². The Kier molecular flexibility index (Phi) is 5.29. The molecule has 0 radical (unpaired) electrons. The van der Waals surface area contributed by atoms with E-state index in [4.69, 9.17) is 0 Å². The molecule has 2 aliphatic heterocycles. The zero-order chi connectivity index (χ0) is 18.8. The number of amides is 1. The smallest absolute Gasteiger partial charge is 0.326 e. The number of carbonyl (C=O) groups is 2. The van der Waals surface area contributed by atoms with Gasteiger partial charge in [-0.1, -0.05) is 18.9 Å². The highest BCUT2D eigenvalue weighted by Gasteiger charge is 2.47. The van der Waals surface area contributed by atoms with Crippen LogP contribution in [0.1, 0.15) is 32.1 Å². The van der Waals surface area contributed by atoms with Crippen molar-refractivity contribution in [2.45, 2.75) is 44.2 Å². The summed E-state index contributed by atoms with van der Waals surface area (Å²) in [7, 11) is 0. The molecule has 7 nitrogen and oxygen atoms in total. The quantitative estimate of drug-likeness (QED) is 0.862. The number of aromatic nitrogens is 1. The maximum Gasteiger partial charge on any atom is 0.326 e. The molecule has 3 aliphatic rings. The van der Waals surface area contributed by atoms with Gasteiger partial charge in [0.2, 0.25) is 5.91 Å². The molecule has 0 bridgehead atoms. The lowest BCUT2D eigenvalue weighted by molar-refractivity contribution is -0.150. The molecule has 3 fully saturated rings. The van der Waals surface area contributed by atoms with Crippen LogP contribution in [-0.4, -0.2) is 76.6 Å². The van der Waals surface area contributed by atoms with E-state index in [1.165, 1.54) is 0 Å². The number of nitrogens with zero attached hydrogens (tertiary/aromatic N) is 4. The molecule has 7 heteroatoms. The Morgan fingerprint density at radius 3 is 2.59 bits per heavy atom. The van der Waals surface area contributed by atoms with E-state index in [1.807, 2.05) is 18.2 Å². The molecule has 2 saturated heterocycles. The molecule has 27 heavy (non-hydrogen) atoms. The minimum atomic E-state index is -0.849. The second kappa shape index (κ2) is 7.84. The molecule has 1 amide bonds. The summed E-state index contributed by atoms with van der Waals surface area (Å²) in [6.07, 6.45) is 6.68. The lowest BCUT2D eigenvalue weighted by Crippen LogP contribution is -2.53. The van der Waals surface area contributed by atoms with Crippen molar-refractivity contribution in [3.8, 4) is 0 Å². The number of hydrogen-bond acceptors (Lipinski definition) is 5. The summed E-state index contributed by atoms with van der Waals surface area (Å²) in [6.45, 7) is 3.57. The molecule has 1 aliphatic carbocycles. The molecule has 1 aromatic heterocycles. The van der Waals surface area contributed by atoms with Gasteiger partial charge in [0.15, 0.2) is 0 Å². The maximum atomic E-state index is 13.0. The summed E-state index contributed by atoms with van der Waals surface area (Å²) in [6, 6.07) is 5.39. The Morgan fingerprint density at radius 2 is 1.89 bits per heavy atom. The van der Waals surface area contributed by atoms with Crippen LogP contribution < -0.4 is 4.90 Å². The van der Waals surface area contributed by atoms with Gasteiger partial charge in [-0.05, 0) is 37.3 Å². The van der Waals surface area contributed by atoms with Crippen molar-refractivity contribution in [2.75, 3.05) is 37.6 Å². The van der Waals surface area contributed by atoms with E-state index in [1.54, 1.807) is 11.1 Å². The van der Waals surface area contributed by atoms with Crippen molar-refractivity contribution in [3.05, 3.63) is 24.4 Å².